The monoisotopic (exact) mass is 508 g/mol. The lowest BCUT2D eigenvalue weighted by Crippen LogP contribution is -2.33. The first-order chi connectivity index (χ1) is 18.3. The van der Waals surface area contributed by atoms with E-state index in [0.717, 1.165) is 5.56 Å². The predicted molar refractivity (Wildman–Crippen MR) is 140 cm³/mol. The van der Waals surface area contributed by atoms with Gasteiger partial charge in [0.15, 0.2) is 11.4 Å². The molecule has 0 aliphatic carbocycles. The van der Waals surface area contributed by atoms with Crippen molar-refractivity contribution < 1.29 is 29.3 Å². The Balaban J connectivity index is 1.51. The van der Waals surface area contributed by atoms with Crippen LogP contribution in [0.1, 0.15) is 49.9 Å². The van der Waals surface area contributed by atoms with Crippen molar-refractivity contribution in [2.75, 3.05) is 5.32 Å². The smallest absolute Gasteiger partial charge is 0.340 e. The third kappa shape index (κ3) is 3.57. The number of hydrogen-bond donors (Lipinski definition) is 4. The molecule has 1 amide bonds. The second-order valence-corrected chi connectivity index (χ2v) is 9.57. The van der Waals surface area contributed by atoms with Gasteiger partial charge in [-0.15, -0.1) is 0 Å². The van der Waals surface area contributed by atoms with Crippen LogP contribution < -0.4 is 15.8 Å². The number of ether oxygens (including phenoxy) is 2. The van der Waals surface area contributed by atoms with Crippen LogP contribution in [0.15, 0.2) is 78.9 Å². The van der Waals surface area contributed by atoms with Crippen molar-refractivity contribution in [2.45, 2.75) is 25.0 Å². The third-order valence-electron chi connectivity index (χ3n) is 6.83. The molecule has 1 spiro atoms. The summed E-state index contributed by atoms with van der Waals surface area (Å²) < 4.78 is 12.3. The fourth-order valence-corrected chi connectivity index (χ4v) is 5.23. The highest BCUT2D eigenvalue weighted by molar-refractivity contribution is 6.06. The standard InChI is InChI=1S/C30H24N2O6/c1-16(31)13-17-5-4-6-18(14-17)28(35)32-26-24(34)12-11-23-27(26)37-25-15-19(33)9-10-22(25)30(23)21-8-3-2-7-20(21)29(36)38-30/h2-12,14-16,33-34H,13,31H2,1H3,(H,32,35). The Bertz CT molecular complexity index is 1630. The molecule has 4 aromatic rings. The number of anilines is 1. The van der Waals surface area contributed by atoms with Gasteiger partial charge in [-0.1, -0.05) is 30.3 Å². The van der Waals surface area contributed by atoms with Crippen LogP contribution in [0.3, 0.4) is 0 Å². The highest BCUT2D eigenvalue weighted by Gasteiger charge is 2.54. The first-order valence-electron chi connectivity index (χ1n) is 12.1. The van der Waals surface area contributed by atoms with Crippen LogP contribution >= 0.6 is 0 Å². The van der Waals surface area contributed by atoms with E-state index in [1.165, 1.54) is 18.2 Å². The van der Waals surface area contributed by atoms with Gasteiger partial charge in [-0.3, -0.25) is 4.79 Å². The quantitative estimate of drug-likeness (QED) is 0.230. The molecule has 6 rings (SSSR count). The van der Waals surface area contributed by atoms with Crippen molar-refractivity contribution in [3.63, 3.8) is 0 Å². The molecule has 0 saturated carbocycles. The molecule has 2 atom stereocenters. The number of aromatic hydroxyl groups is 2. The van der Waals surface area contributed by atoms with Crippen molar-refractivity contribution >= 4 is 17.6 Å². The molecule has 0 saturated heterocycles. The van der Waals surface area contributed by atoms with Crippen LogP contribution in [0.25, 0.3) is 0 Å². The number of carbonyl (C=O) groups is 2. The summed E-state index contributed by atoms with van der Waals surface area (Å²) in [5, 5.41) is 23.8. The Kier molecular flexibility index (Phi) is 5.36. The van der Waals surface area contributed by atoms with E-state index in [1.54, 1.807) is 54.6 Å². The molecule has 2 heterocycles. The number of phenolic OH excluding ortho intramolecular Hbond substituents is 2. The fourth-order valence-electron chi connectivity index (χ4n) is 5.23. The van der Waals surface area contributed by atoms with E-state index >= 15 is 0 Å². The van der Waals surface area contributed by atoms with Gasteiger partial charge in [-0.05, 0) is 61.4 Å². The zero-order chi connectivity index (χ0) is 26.6. The Morgan fingerprint density at radius 2 is 1.76 bits per heavy atom. The zero-order valence-corrected chi connectivity index (χ0v) is 20.4. The molecule has 8 heteroatoms. The van der Waals surface area contributed by atoms with Gasteiger partial charge in [0.1, 0.15) is 22.9 Å². The Morgan fingerprint density at radius 3 is 2.58 bits per heavy atom. The van der Waals surface area contributed by atoms with Crippen LogP contribution in [0.4, 0.5) is 5.69 Å². The second-order valence-electron chi connectivity index (χ2n) is 9.57. The predicted octanol–water partition coefficient (Wildman–Crippen LogP) is 4.81. The molecule has 190 valence electrons. The second kappa shape index (κ2) is 8.64. The van der Waals surface area contributed by atoms with Gasteiger partial charge in [0.2, 0.25) is 0 Å². The average molecular weight is 509 g/mol. The number of esters is 1. The molecule has 0 aromatic heterocycles. The van der Waals surface area contributed by atoms with Crippen LogP contribution in [0.2, 0.25) is 0 Å². The van der Waals surface area contributed by atoms with Crippen LogP contribution in [0, 0.1) is 0 Å². The number of rotatable bonds is 4. The Hall–Kier alpha value is -4.82. The molecule has 38 heavy (non-hydrogen) atoms. The van der Waals surface area contributed by atoms with Crippen molar-refractivity contribution in [1.82, 2.24) is 0 Å². The maximum absolute atomic E-state index is 13.3. The first-order valence-corrected chi connectivity index (χ1v) is 12.1. The van der Waals surface area contributed by atoms with Gasteiger partial charge < -0.3 is 30.7 Å². The number of amides is 1. The molecule has 0 fully saturated rings. The summed E-state index contributed by atoms with van der Waals surface area (Å²) in [6.45, 7) is 1.89. The lowest BCUT2D eigenvalue weighted by Gasteiger charge is -2.37. The van der Waals surface area contributed by atoms with Gasteiger partial charge in [0, 0.05) is 28.8 Å². The largest absolute Gasteiger partial charge is 0.508 e. The first kappa shape index (κ1) is 23.6. The number of benzene rings is 4. The lowest BCUT2D eigenvalue weighted by molar-refractivity contribution is 0.0224. The molecule has 0 bridgehead atoms. The number of hydrogen-bond acceptors (Lipinski definition) is 7. The summed E-state index contributed by atoms with van der Waals surface area (Å²) in [7, 11) is 0. The Morgan fingerprint density at radius 1 is 0.974 bits per heavy atom. The molecule has 2 aliphatic rings. The molecule has 0 radical (unpaired) electrons. The highest BCUT2D eigenvalue weighted by Crippen LogP contribution is 2.59. The van der Waals surface area contributed by atoms with Crippen LogP contribution in [-0.4, -0.2) is 28.1 Å². The maximum Gasteiger partial charge on any atom is 0.340 e. The maximum atomic E-state index is 13.3. The van der Waals surface area contributed by atoms with Crippen molar-refractivity contribution in [2.24, 2.45) is 5.73 Å². The molecular weight excluding hydrogens is 484 g/mol. The topological polar surface area (TPSA) is 131 Å². The third-order valence-corrected chi connectivity index (χ3v) is 6.83. The summed E-state index contributed by atoms with van der Waals surface area (Å²) in [6, 6.07) is 21.6. The van der Waals surface area contributed by atoms with E-state index in [1.807, 2.05) is 13.0 Å². The summed E-state index contributed by atoms with van der Waals surface area (Å²) in [5.74, 6) is -0.952. The zero-order valence-electron chi connectivity index (χ0n) is 20.4. The van der Waals surface area contributed by atoms with Gasteiger partial charge in [0.25, 0.3) is 5.91 Å². The lowest BCUT2D eigenvalue weighted by atomic mass is 9.77. The molecule has 2 aliphatic heterocycles. The average Bonchev–Trinajstić information content (AvgIpc) is 3.18. The Labute approximate surface area is 218 Å². The summed E-state index contributed by atoms with van der Waals surface area (Å²) in [5.41, 5.74) is 7.72. The molecular formula is C30H24N2O6. The van der Waals surface area contributed by atoms with Gasteiger partial charge >= 0.3 is 5.97 Å². The SMILES string of the molecule is CC(N)Cc1cccc(C(=O)Nc2c(O)ccc3c2Oc2cc(O)ccc2C32OC(=O)c3ccccc32)c1. The van der Waals surface area contributed by atoms with Gasteiger partial charge in [0.05, 0.1) is 11.1 Å². The normalized spacial score (nSPS) is 17.6. The van der Waals surface area contributed by atoms with Crippen molar-refractivity contribution in [3.8, 4) is 23.0 Å². The van der Waals surface area contributed by atoms with Crippen LogP contribution in [0.5, 0.6) is 23.0 Å². The summed E-state index contributed by atoms with van der Waals surface area (Å²) in [6.07, 6.45) is 0.601. The van der Waals surface area contributed by atoms with Gasteiger partial charge in [-0.2, -0.15) is 0 Å². The minimum Gasteiger partial charge on any atom is -0.508 e. The molecule has 8 nitrogen and oxygen atoms in total. The number of nitrogens with two attached hydrogens (primary N) is 1. The molecule has 5 N–H and O–H groups in total. The molecule has 4 aromatic carbocycles. The number of fused-ring (bicyclic) bond motifs is 6. The summed E-state index contributed by atoms with van der Waals surface area (Å²) in [4.78, 5) is 26.3. The van der Waals surface area contributed by atoms with Crippen molar-refractivity contribution in [3.05, 3.63) is 112 Å². The van der Waals surface area contributed by atoms with E-state index in [0.29, 0.717) is 34.2 Å². The number of nitrogens with one attached hydrogen (secondary N) is 1. The van der Waals surface area contributed by atoms with E-state index in [4.69, 9.17) is 15.2 Å². The number of carbonyl (C=O) groups excluding carboxylic acids is 2. The van der Waals surface area contributed by atoms with E-state index in [-0.39, 0.29) is 34.7 Å². The van der Waals surface area contributed by atoms with E-state index in [2.05, 4.69) is 5.32 Å². The fraction of sp³-hybridized carbons (Fsp3) is 0.133. The summed E-state index contributed by atoms with van der Waals surface area (Å²) >= 11 is 0. The minimum atomic E-state index is -1.41. The van der Waals surface area contributed by atoms with Gasteiger partial charge in [-0.25, -0.2) is 4.79 Å². The van der Waals surface area contributed by atoms with E-state index in [9.17, 15) is 19.8 Å². The van der Waals surface area contributed by atoms with E-state index < -0.39 is 17.5 Å². The van der Waals surface area contributed by atoms with Crippen LogP contribution in [-0.2, 0) is 16.8 Å². The number of phenols is 2. The minimum absolute atomic E-state index is 0.0129. The van der Waals surface area contributed by atoms with Crippen molar-refractivity contribution in [1.29, 1.82) is 0 Å². The molecule has 2 unspecified atom stereocenters. The highest BCUT2D eigenvalue weighted by atomic mass is 16.6.